The molecule has 1 amide bonds. The van der Waals surface area contributed by atoms with Crippen LogP contribution in [-0.4, -0.2) is 23.0 Å². The van der Waals surface area contributed by atoms with E-state index in [9.17, 15) is 4.79 Å². The van der Waals surface area contributed by atoms with Crippen LogP contribution in [0.1, 0.15) is 38.7 Å². The Balaban J connectivity index is 0.00000242. The minimum atomic E-state index is -0.754. The van der Waals surface area contributed by atoms with Gasteiger partial charge >= 0.3 is 0 Å². The fourth-order valence-electron chi connectivity index (χ4n) is 2.65. The number of carbonyl (C=O) groups excluding carboxylic acids is 1. The highest BCUT2D eigenvalue weighted by Crippen LogP contribution is 2.18. The van der Waals surface area contributed by atoms with E-state index in [0.29, 0.717) is 13.0 Å². The van der Waals surface area contributed by atoms with Crippen LogP contribution in [0.15, 0.2) is 30.5 Å². The summed E-state index contributed by atoms with van der Waals surface area (Å²) in [5.74, 6) is -0.0525. The standard InChI is InChI=1S/C17H25N3O.ClH/c1-3-10-17(2,18)16(21)19-11-6-7-13-12-20-15-9-5-4-8-14(13)15;/h4-5,8-9,12,20H,3,6-7,10-11,18H2,1-2H3,(H,19,21);1H. The summed E-state index contributed by atoms with van der Waals surface area (Å²) >= 11 is 0. The number of para-hydroxylation sites is 1. The summed E-state index contributed by atoms with van der Waals surface area (Å²) < 4.78 is 0. The van der Waals surface area contributed by atoms with E-state index in [-0.39, 0.29) is 18.3 Å². The number of nitrogens with two attached hydrogens (primary N) is 1. The Bertz CT molecular complexity index is 607. The Morgan fingerprint density at radius 1 is 1.36 bits per heavy atom. The van der Waals surface area contributed by atoms with Gasteiger partial charge in [0.1, 0.15) is 0 Å². The lowest BCUT2D eigenvalue weighted by Gasteiger charge is -2.22. The number of fused-ring (bicyclic) bond motifs is 1. The quantitative estimate of drug-likeness (QED) is 0.685. The molecule has 0 bridgehead atoms. The van der Waals surface area contributed by atoms with Crippen LogP contribution in [0.2, 0.25) is 0 Å². The van der Waals surface area contributed by atoms with Crippen molar-refractivity contribution in [2.75, 3.05) is 6.54 Å². The monoisotopic (exact) mass is 323 g/mol. The van der Waals surface area contributed by atoms with E-state index >= 15 is 0 Å². The summed E-state index contributed by atoms with van der Waals surface area (Å²) in [7, 11) is 0. The smallest absolute Gasteiger partial charge is 0.239 e. The first-order valence-electron chi connectivity index (χ1n) is 7.67. The van der Waals surface area contributed by atoms with Crippen molar-refractivity contribution in [2.45, 2.75) is 45.1 Å². The van der Waals surface area contributed by atoms with Gasteiger partial charge in [-0.25, -0.2) is 0 Å². The molecule has 0 aliphatic heterocycles. The van der Waals surface area contributed by atoms with Crippen LogP contribution in [0.3, 0.4) is 0 Å². The molecule has 2 aromatic rings. The van der Waals surface area contributed by atoms with Crippen molar-refractivity contribution in [1.29, 1.82) is 0 Å². The number of amides is 1. The third-order valence-corrected chi connectivity index (χ3v) is 3.87. The highest BCUT2D eigenvalue weighted by Gasteiger charge is 2.26. The number of aryl methyl sites for hydroxylation is 1. The van der Waals surface area contributed by atoms with Gasteiger partial charge in [-0.2, -0.15) is 0 Å². The molecule has 0 fully saturated rings. The summed E-state index contributed by atoms with van der Waals surface area (Å²) in [5, 5.41) is 4.21. The molecule has 1 unspecified atom stereocenters. The van der Waals surface area contributed by atoms with Crippen molar-refractivity contribution in [3.05, 3.63) is 36.0 Å². The topological polar surface area (TPSA) is 70.9 Å². The van der Waals surface area contributed by atoms with Crippen LogP contribution in [0, 0.1) is 0 Å². The van der Waals surface area contributed by atoms with Crippen molar-refractivity contribution >= 4 is 29.2 Å². The number of nitrogens with one attached hydrogen (secondary N) is 2. The van der Waals surface area contributed by atoms with Crippen molar-refractivity contribution in [3.63, 3.8) is 0 Å². The van der Waals surface area contributed by atoms with Crippen molar-refractivity contribution in [1.82, 2.24) is 10.3 Å². The van der Waals surface area contributed by atoms with Crippen molar-refractivity contribution < 1.29 is 4.79 Å². The van der Waals surface area contributed by atoms with E-state index in [1.165, 1.54) is 10.9 Å². The summed E-state index contributed by atoms with van der Waals surface area (Å²) in [6.07, 6.45) is 5.53. The molecule has 4 nitrogen and oxygen atoms in total. The average molecular weight is 324 g/mol. The molecule has 4 N–H and O–H groups in total. The molecule has 0 aliphatic rings. The molecule has 0 spiro atoms. The van der Waals surface area contributed by atoms with Crippen molar-refractivity contribution in [3.8, 4) is 0 Å². The van der Waals surface area contributed by atoms with Gasteiger partial charge in [-0.05, 0) is 37.8 Å². The maximum Gasteiger partial charge on any atom is 0.239 e. The molecule has 0 aliphatic carbocycles. The lowest BCUT2D eigenvalue weighted by molar-refractivity contribution is -0.126. The Morgan fingerprint density at radius 2 is 2.09 bits per heavy atom. The summed E-state index contributed by atoms with van der Waals surface area (Å²) in [4.78, 5) is 15.3. The van der Waals surface area contributed by atoms with Gasteiger partial charge in [0.25, 0.3) is 0 Å². The summed E-state index contributed by atoms with van der Waals surface area (Å²) in [6, 6.07) is 8.27. The van der Waals surface area contributed by atoms with E-state index < -0.39 is 5.54 Å². The van der Waals surface area contributed by atoms with Gasteiger partial charge in [-0.1, -0.05) is 31.5 Å². The molecule has 5 heteroatoms. The van der Waals surface area contributed by atoms with E-state index in [1.54, 1.807) is 6.92 Å². The Morgan fingerprint density at radius 3 is 2.82 bits per heavy atom. The maximum absolute atomic E-state index is 12.0. The fraction of sp³-hybridized carbons (Fsp3) is 0.471. The van der Waals surface area contributed by atoms with Crippen LogP contribution in [0.5, 0.6) is 0 Å². The fourth-order valence-corrected chi connectivity index (χ4v) is 2.65. The number of hydrogen-bond donors (Lipinski definition) is 3. The number of halogens is 1. The number of benzene rings is 1. The highest BCUT2D eigenvalue weighted by atomic mass is 35.5. The second-order valence-corrected chi connectivity index (χ2v) is 5.89. The Kier molecular flexibility index (Phi) is 6.91. The summed E-state index contributed by atoms with van der Waals surface area (Å²) in [6.45, 7) is 4.50. The first-order valence-corrected chi connectivity index (χ1v) is 7.67. The molecule has 0 radical (unpaired) electrons. The number of rotatable bonds is 7. The lowest BCUT2D eigenvalue weighted by atomic mass is 9.96. The van der Waals surface area contributed by atoms with Crippen LogP contribution in [0.25, 0.3) is 10.9 Å². The molecule has 1 atom stereocenters. The first-order chi connectivity index (χ1) is 10.0. The van der Waals surface area contributed by atoms with Crippen molar-refractivity contribution in [2.24, 2.45) is 5.73 Å². The number of carbonyl (C=O) groups is 1. The predicted octanol–water partition coefficient (Wildman–Crippen LogP) is 3.16. The number of aromatic amines is 1. The first kappa shape index (κ1) is 18.5. The number of aromatic nitrogens is 1. The predicted molar refractivity (Wildman–Crippen MR) is 94.4 cm³/mol. The van der Waals surface area contributed by atoms with E-state index in [2.05, 4.69) is 28.6 Å². The van der Waals surface area contributed by atoms with Gasteiger partial charge in [-0.3, -0.25) is 4.79 Å². The lowest BCUT2D eigenvalue weighted by Crippen LogP contribution is -2.51. The molecule has 2 rings (SSSR count). The van der Waals surface area contributed by atoms with Crippen LogP contribution < -0.4 is 11.1 Å². The van der Waals surface area contributed by atoms with Crippen LogP contribution in [0.4, 0.5) is 0 Å². The third-order valence-electron chi connectivity index (χ3n) is 3.87. The van der Waals surface area contributed by atoms with Crippen LogP contribution >= 0.6 is 12.4 Å². The van der Waals surface area contributed by atoms with Gasteiger partial charge in [0.2, 0.25) is 5.91 Å². The van der Waals surface area contributed by atoms with Crippen LogP contribution in [-0.2, 0) is 11.2 Å². The molecule has 0 saturated carbocycles. The Labute approximate surface area is 138 Å². The molecular weight excluding hydrogens is 298 g/mol. The van der Waals surface area contributed by atoms with E-state index in [1.807, 2.05) is 19.1 Å². The molecule has 0 saturated heterocycles. The summed E-state index contributed by atoms with van der Waals surface area (Å²) in [5.41, 5.74) is 7.71. The molecule has 1 aromatic heterocycles. The number of hydrogen-bond acceptors (Lipinski definition) is 2. The largest absolute Gasteiger partial charge is 0.361 e. The minimum absolute atomic E-state index is 0. The zero-order valence-corrected chi connectivity index (χ0v) is 14.1. The van der Waals surface area contributed by atoms with Gasteiger partial charge in [0.05, 0.1) is 5.54 Å². The van der Waals surface area contributed by atoms with Gasteiger partial charge in [0.15, 0.2) is 0 Å². The number of H-pyrrole nitrogens is 1. The third kappa shape index (κ3) is 4.49. The average Bonchev–Trinajstić information content (AvgIpc) is 2.86. The minimum Gasteiger partial charge on any atom is -0.361 e. The van der Waals surface area contributed by atoms with Gasteiger partial charge < -0.3 is 16.0 Å². The second-order valence-electron chi connectivity index (χ2n) is 5.89. The molecule has 22 heavy (non-hydrogen) atoms. The molecule has 122 valence electrons. The van der Waals surface area contributed by atoms with Gasteiger partial charge in [0, 0.05) is 23.6 Å². The van der Waals surface area contributed by atoms with E-state index in [4.69, 9.17) is 5.73 Å². The normalized spacial score (nSPS) is 13.4. The molecule has 1 aromatic carbocycles. The zero-order valence-electron chi connectivity index (χ0n) is 13.3. The highest BCUT2D eigenvalue weighted by molar-refractivity contribution is 5.86. The van der Waals surface area contributed by atoms with Gasteiger partial charge in [-0.15, -0.1) is 12.4 Å². The maximum atomic E-state index is 12.0. The SMILES string of the molecule is CCCC(C)(N)C(=O)NCCCc1c[nH]c2ccccc12.Cl. The van der Waals surface area contributed by atoms with E-state index in [0.717, 1.165) is 24.8 Å². The second kappa shape index (κ2) is 8.20. The zero-order chi connectivity index (χ0) is 15.3. The Hall–Kier alpha value is -1.52. The molecule has 1 heterocycles. The molecular formula is C17H26ClN3O.